The highest BCUT2D eigenvalue weighted by Gasteiger charge is 2.20. The minimum absolute atomic E-state index is 0.385. The van der Waals surface area contributed by atoms with E-state index in [4.69, 9.17) is 10.5 Å². The first-order valence-corrected chi connectivity index (χ1v) is 7.31. The molecule has 4 nitrogen and oxygen atoms in total. The lowest BCUT2D eigenvalue weighted by atomic mass is 9.96. The number of guanidine groups is 1. The molecule has 0 aromatic carbocycles. The van der Waals surface area contributed by atoms with Crippen molar-refractivity contribution >= 4 is 5.96 Å². The van der Waals surface area contributed by atoms with Gasteiger partial charge in [-0.25, -0.2) is 0 Å². The Kier molecular flexibility index (Phi) is 4.87. The number of nitrogens with zero attached hydrogens (tertiary/aromatic N) is 2. The van der Waals surface area contributed by atoms with Crippen LogP contribution in [0.15, 0.2) is 4.99 Å². The van der Waals surface area contributed by atoms with E-state index in [9.17, 15) is 0 Å². The summed E-state index contributed by atoms with van der Waals surface area (Å²) in [7, 11) is 0. The quantitative estimate of drug-likeness (QED) is 0.603. The van der Waals surface area contributed by atoms with Gasteiger partial charge in [-0.2, -0.15) is 0 Å². The molecule has 0 radical (unpaired) electrons. The normalized spacial score (nSPS) is 31.7. The molecule has 0 aromatic rings. The van der Waals surface area contributed by atoms with E-state index in [0.29, 0.717) is 12.0 Å². The molecule has 0 amide bonds. The van der Waals surface area contributed by atoms with Crippen molar-refractivity contribution in [2.45, 2.75) is 45.6 Å². The number of hydrogen-bond donors (Lipinski definition) is 1. The van der Waals surface area contributed by atoms with Crippen LogP contribution >= 0.6 is 0 Å². The fourth-order valence-corrected chi connectivity index (χ4v) is 2.82. The third kappa shape index (κ3) is 3.87. The highest BCUT2D eigenvalue weighted by atomic mass is 16.5. The van der Waals surface area contributed by atoms with Crippen molar-refractivity contribution in [3.05, 3.63) is 0 Å². The van der Waals surface area contributed by atoms with E-state index in [1.807, 2.05) is 0 Å². The van der Waals surface area contributed by atoms with Gasteiger partial charge >= 0.3 is 0 Å². The summed E-state index contributed by atoms with van der Waals surface area (Å²) in [5, 5.41) is 0. The van der Waals surface area contributed by atoms with Crippen LogP contribution in [0.25, 0.3) is 0 Å². The minimum atomic E-state index is 0.385. The molecule has 0 spiro atoms. The van der Waals surface area contributed by atoms with Crippen LogP contribution in [0.1, 0.15) is 39.5 Å². The Morgan fingerprint density at radius 1 is 1.28 bits per heavy atom. The van der Waals surface area contributed by atoms with Crippen LogP contribution in [-0.4, -0.2) is 43.2 Å². The van der Waals surface area contributed by atoms with Gasteiger partial charge in [-0.05, 0) is 44.4 Å². The standard InChI is InChI=1S/C14H27N3O/c1-11-3-6-17(7-4-11)14(15)16-10-13-5-8-18-12(2)9-13/h11-13H,3-10H2,1-2H3,(H2,15,16). The van der Waals surface area contributed by atoms with Gasteiger partial charge in [0, 0.05) is 26.2 Å². The Bertz CT molecular complexity index is 285. The summed E-state index contributed by atoms with van der Waals surface area (Å²) in [6, 6.07) is 0. The summed E-state index contributed by atoms with van der Waals surface area (Å²) in [5.41, 5.74) is 6.09. The van der Waals surface area contributed by atoms with Crippen molar-refractivity contribution in [2.75, 3.05) is 26.2 Å². The number of rotatable bonds is 2. The number of likely N-dealkylation sites (tertiary alicyclic amines) is 1. The van der Waals surface area contributed by atoms with Crippen molar-refractivity contribution in [1.82, 2.24) is 4.90 Å². The van der Waals surface area contributed by atoms with Gasteiger partial charge in [0.05, 0.1) is 6.10 Å². The van der Waals surface area contributed by atoms with Gasteiger partial charge in [-0.3, -0.25) is 4.99 Å². The van der Waals surface area contributed by atoms with Crippen LogP contribution in [0, 0.1) is 11.8 Å². The summed E-state index contributed by atoms with van der Waals surface area (Å²) < 4.78 is 5.55. The lowest BCUT2D eigenvalue weighted by Crippen LogP contribution is -2.42. The fourth-order valence-electron chi connectivity index (χ4n) is 2.82. The van der Waals surface area contributed by atoms with Crippen LogP contribution < -0.4 is 5.73 Å². The summed E-state index contributed by atoms with van der Waals surface area (Å²) in [5.74, 6) is 2.24. The van der Waals surface area contributed by atoms with Gasteiger partial charge in [0.1, 0.15) is 0 Å². The van der Waals surface area contributed by atoms with E-state index in [1.165, 1.54) is 12.8 Å². The molecule has 4 heteroatoms. The molecule has 0 aromatic heterocycles. The zero-order valence-electron chi connectivity index (χ0n) is 11.8. The second-order valence-corrected chi connectivity index (χ2v) is 5.94. The van der Waals surface area contributed by atoms with Gasteiger partial charge in [0.2, 0.25) is 0 Å². The number of hydrogen-bond acceptors (Lipinski definition) is 2. The molecule has 2 rings (SSSR count). The predicted octanol–water partition coefficient (Wildman–Crippen LogP) is 1.85. The first kappa shape index (κ1) is 13.7. The second-order valence-electron chi connectivity index (χ2n) is 5.94. The van der Waals surface area contributed by atoms with Gasteiger partial charge in [-0.1, -0.05) is 6.92 Å². The van der Waals surface area contributed by atoms with E-state index < -0.39 is 0 Å². The molecule has 2 heterocycles. The van der Waals surface area contributed by atoms with Crippen LogP contribution in [0.5, 0.6) is 0 Å². The number of nitrogens with two attached hydrogens (primary N) is 1. The maximum Gasteiger partial charge on any atom is 0.191 e. The van der Waals surface area contributed by atoms with Crippen molar-refractivity contribution in [3.63, 3.8) is 0 Å². The summed E-state index contributed by atoms with van der Waals surface area (Å²) >= 11 is 0. The molecule has 2 fully saturated rings. The minimum Gasteiger partial charge on any atom is -0.378 e. The van der Waals surface area contributed by atoms with Crippen LogP contribution in [0.4, 0.5) is 0 Å². The molecule has 0 saturated carbocycles. The SMILES string of the molecule is CC1CCN(C(N)=NCC2CCOC(C)C2)CC1. The molecule has 0 bridgehead atoms. The average Bonchev–Trinajstić information content (AvgIpc) is 2.37. The zero-order chi connectivity index (χ0) is 13.0. The fraction of sp³-hybridized carbons (Fsp3) is 0.929. The largest absolute Gasteiger partial charge is 0.378 e. The highest BCUT2D eigenvalue weighted by molar-refractivity contribution is 5.78. The third-order valence-electron chi connectivity index (χ3n) is 4.21. The molecule has 18 heavy (non-hydrogen) atoms. The molecule has 0 aliphatic carbocycles. The van der Waals surface area contributed by atoms with Crippen molar-refractivity contribution < 1.29 is 4.74 Å². The highest BCUT2D eigenvalue weighted by Crippen LogP contribution is 2.20. The molecule has 2 atom stereocenters. The molecule has 2 aliphatic heterocycles. The van der Waals surface area contributed by atoms with Crippen LogP contribution in [-0.2, 0) is 4.74 Å². The van der Waals surface area contributed by atoms with Crippen LogP contribution in [0.3, 0.4) is 0 Å². The molecule has 104 valence electrons. The van der Waals surface area contributed by atoms with Crippen LogP contribution in [0.2, 0.25) is 0 Å². The molecule has 2 N–H and O–H groups in total. The molecule has 2 saturated heterocycles. The monoisotopic (exact) mass is 253 g/mol. The average molecular weight is 253 g/mol. The van der Waals surface area contributed by atoms with Gasteiger partial charge in [0.15, 0.2) is 5.96 Å². The molecule has 2 aliphatic rings. The predicted molar refractivity (Wildman–Crippen MR) is 74.6 cm³/mol. The molecular formula is C14H27N3O. The van der Waals surface area contributed by atoms with Gasteiger partial charge < -0.3 is 15.4 Å². The van der Waals surface area contributed by atoms with E-state index in [0.717, 1.165) is 51.0 Å². The first-order valence-electron chi connectivity index (χ1n) is 7.31. The van der Waals surface area contributed by atoms with Crippen molar-refractivity contribution in [2.24, 2.45) is 22.6 Å². The van der Waals surface area contributed by atoms with E-state index in [-0.39, 0.29) is 0 Å². The third-order valence-corrected chi connectivity index (χ3v) is 4.21. The lowest BCUT2D eigenvalue weighted by molar-refractivity contribution is 0.00476. The van der Waals surface area contributed by atoms with Gasteiger partial charge in [0.25, 0.3) is 0 Å². The van der Waals surface area contributed by atoms with Crippen molar-refractivity contribution in [1.29, 1.82) is 0 Å². The zero-order valence-corrected chi connectivity index (χ0v) is 11.8. The Hall–Kier alpha value is -0.770. The number of ether oxygens (including phenoxy) is 1. The second kappa shape index (κ2) is 6.41. The number of aliphatic imine (C=N–C) groups is 1. The Labute approximate surface area is 111 Å². The Morgan fingerprint density at radius 3 is 2.67 bits per heavy atom. The smallest absolute Gasteiger partial charge is 0.191 e. The van der Waals surface area contributed by atoms with Gasteiger partial charge in [-0.15, -0.1) is 0 Å². The molecular weight excluding hydrogens is 226 g/mol. The molecule has 2 unspecified atom stereocenters. The summed E-state index contributed by atoms with van der Waals surface area (Å²) in [6.07, 6.45) is 5.11. The van der Waals surface area contributed by atoms with E-state index >= 15 is 0 Å². The van der Waals surface area contributed by atoms with Crippen molar-refractivity contribution in [3.8, 4) is 0 Å². The summed E-state index contributed by atoms with van der Waals surface area (Å²) in [6.45, 7) is 8.34. The topological polar surface area (TPSA) is 50.8 Å². The Morgan fingerprint density at radius 2 is 2.00 bits per heavy atom. The lowest BCUT2D eigenvalue weighted by Gasteiger charge is -2.31. The summed E-state index contributed by atoms with van der Waals surface area (Å²) in [4.78, 5) is 6.83. The maximum atomic E-state index is 6.09. The number of piperidine rings is 1. The maximum absolute atomic E-state index is 6.09. The van der Waals surface area contributed by atoms with E-state index in [2.05, 4.69) is 23.7 Å². The first-order chi connectivity index (χ1) is 8.65. The van der Waals surface area contributed by atoms with E-state index in [1.54, 1.807) is 0 Å². The Balaban J connectivity index is 1.77.